The van der Waals surface area contributed by atoms with Gasteiger partial charge in [-0.15, -0.1) is 0 Å². The molecule has 1 aliphatic heterocycles. The van der Waals surface area contributed by atoms with E-state index in [0.717, 1.165) is 18.7 Å². The lowest BCUT2D eigenvalue weighted by Crippen LogP contribution is -2.31. The summed E-state index contributed by atoms with van der Waals surface area (Å²) in [5, 5.41) is 2.94. The summed E-state index contributed by atoms with van der Waals surface area (Å²) in [5.74, 6) is 1.26. The largest absolute Gasteiger partial charge is 0.493 e. The van der Waals surface area contributed by atoms with Crippen LogP contribution in [0.3, 0.4) is 0 Å². The Balaban J connectivity index is 1.68. The first-order valence-electron chi connectivity index (χ1n) is 9.78. The minimum Gasteiger partial charge on any atom is -0.493 e. The Bertz CT molecular complexity index is 803. The molecule has 1 aliphatic rings. The van der Waals surface area contributed by atoms with E-state index in [4.69, 9.17) is 9.47 Å². The molecule has 1 saturated heterocycles. The van der Waals surface area contributed by atoms with Gasteiger partial charge < -0.3 is 24.6 Å². The maximum Gasteiger partial charge on any atom is 0.321 e. The summed E-state index contributed by atoms with van der Waals surface area (Å²) >= 11 is 0. The van der Waals surface area contributed by atoms with Crippen LogP contribution in [0.1, 0.15) is 25.3 Å². The van der Waals surface area contributed by atoms with Crippen molar-refractivity contribution >= 4 is 17.4 Å². The molecule has 0 radical (unpaired) electrons. The van der Waals surface area contributed by atoms with Gasteiger partial charge in [-0.2, -0.15) is 0 Å². The lowest BCUT2D eigenvalue weighted by atomic mass is 10.1. The molecule has 1 fully saturated rings. The van der Waals surface area contributed by atoms with Crippen molar-refractivity contribution in [3.05, 3.63) is 48.0 Å². The molecule has 0 spiro atoms. The van der Waals surface area contributed by atoms with E-state index < -0.39 is 0 Å². The van der Waals surface area contributed by atoms with Gasteiger partial charge in [-0.3, -0.25) is 0 Å². The van der Waals surface area contributed by atoms with Crippen LogP contribution in [0, 0.1) is 0 Å². The molecule has 0 atom stereocenters. The highest BCUT2D eigenvalue weighted by atomic mass is 16.5. The fourth-order valence-electron chi connectivity index (χ4n) is 3.48. The maximum absolute atomic E-state index is 12.7. The van der Waals surface area contributed by atoms with Crippen molar-refractivity contribution in [2.75, 3.05) is 44.1 Å². The molecule has 6 nitrogen and oxygen atoms in total. The third-order valence-corrected chi connectivity index (χ3v) is 4.91. The molecule has 0 unspecified atom stereocenters. The predicted octanol–water partition coefficient (Wildman–Crippen LogP) is 4.36. The molecule has 2 aromatic rings. The van der Waals surface area contributed by atoms with Crippen LogP contribution in [0.25, 0.3) is 0 Å². The summed E-state index contributed by atoms with van der Waals surface area (Å²) in [7, 11) is 3.41. The first kappa shape index (κ1) is 19.9. The van der Waals surface area contributed by atoms with E-state index in [-0.39, 0.29) is 6.03 Å². The second kappa shape index (κ2) is 9.35. The van der Waals surface area contributed by atoms with Crippen LogP contribution in [0.15, 0.2) is 42.5 Å². The molecule has 1 heterocycles. The lowest BCUT2D eigenvalue weighted by molar-refractivity contribution is 0.220. The number of carbonyl (C=O) groups is 1. The van der Waals surface area contributed by atoms with Crippen LogP contribution in [-0.4, -0.2) is 44.8 Å². The zero-order chi connectivity index (χ0) is 19.9. The second-order valence-electron chi connectivity index (χ2n) is 6.91. The molecule has 1 N–H and O–H groups in total. The first-order valence-corrected chi connectivity index (χ1v) is 9.78. The van der Waals surface area contributed by atoms with Crippen LogP contribution >= 0.6 is 0 Å². The van der Waals surface area contributed by atoms with E-state index in [0.29, 0.717) is 30.3 Å². The number of carbonyl (C=O) groups excluding carboxylic acids is 1. The van der Waals surface area contributed by atoms with Gasteiger partial charge in [-0.05, 0) is 43.5 Å². The number of rotatable bonds is 7. The van der Waals surface area contributed by atoms with E-state index in [1.54, 1.807) is 24.1 Å². The van der Waals surface area contributed by atoms with Crippen molar-refractivity contribution in [2.24, 2.45) is 0 Å². The van der Waals surface area contributed by atoms with Gasteiger partial charge in [0.2, 0.25) is 0 Å². The Morgan fingerprint density at radius 3 is 2.61 bits per heavy atom. The summed E-state index contributed by atoms with van der Waals surface area (Å²) in [6.45, 7) is 5.15. The van der Waals surface area contributed by atoms with Crippen molar-refractivity contribution in [1.29, 1.82) is 0 Å². The average molecular weight is 383 g/mol. The van der Waals surface area contributed by atoms with Crippen LogP contribution < -0.4 is 19.7 Å². The lowest BCUT2D eigenvalue weighted by Gasteiger charge is -2.24. The van der Waals surface area contributed by atoms with Gasteiger partial charge in [0.05, 0.1) is 13.7 Å². The summed E-state index contributed by atoms with van der Waals surface area (Å²) in [6, 6.07) is 13.6. The Morgan fingerprint density at radius 1 is 1.14 bits per heavy atom. The third kappa shape index (κ3) is 4.68. The van der Waals surface area contributed by atoms with Crippen LogP contribution in [0.2, 0.25) is 0 Å². The number of methoxy groups -OCH3 is 1. The SMILES string of the molecule is CCOc1cc(NC(=O)N(C)Cc2ccccc2N2CCCC2)ccc1OC. The van der Waals surface area contributed by atoms with E-state index in [1.165, 1.54) is 18.5 Å². The molecule has 6 heteroatoms. The van der Waals surface area contributed by atoms with E-state index in [2.05, 4.69) is 28.4 Å². The van der Waals surface area contributed by atoms with Crippen molar-refractivity contribution in [1.82, 2.24) is 4.90 Å². The van der Waals surface area contributed by atoms with Gasteiger partial charge in [0, 0.05) is 44.1 Å². The number of para-hydroxylation sites is 1. The van der Waals surface area contributed by atoms with Gasteiger partial charge in [0.1, 0.15) is 0 Å². The number of nitrogens with zero attached hydrogens (tertiary/aromatic N) is 2. The standard InChI is InChI=1S/C22H29N3O3/c1-4-28-21-15-18(11-12-20(21)27-3)23-22(26)24(2)16-17-9-5-6-10-19(17)25-13-7-8-14-25/h5-6,9-12,15H,4,7-8,13-14,16H2,1-3H3,(H,23,26). The fraction of sp³-hybridized carbons (Fsp3) is 0.409. The van der Waals surface area contributed by atoms with Gasteiger partial charge in [-0.1, -0.05) is 18.2 Å². The Hall–Kier alpha value is -2.89. The van der Waals surface area contributed by atoms with E-state index >= 15 is 0 Å². The minimum absolute atomic E-state index is 0.163. The summed E-state index contributed by atoms with van der Waals surface area (Å²) < 4.78 is 10.9. The molecular weight excluding hydrogens is 354 g/mol. The topological polar surface area (TPSA) is 54.0 Å². The molecule has 2 amide bonds. The Morgan fingerprint density at radius 2 is 1.89 bits per heavy atom. The number of hydrogen-bond donors (Lipinski definition) is 1. The quantitative estimate of drug-likeness (QED) is 0.772. The number of amides is 2. The highest BCUT2D eigenvalue weighted by Gasteiger charge is 2.18. The van der Waals surface area contributed by atoms with Gasteiger partial charge in [-0.25, -0.2) is 4.79 Å². The van der Waals surface area contributed by atoms with Crippen molar-refractivity contribution in [2.45, 2.75) is 26.3 Å². The molecule has 150 valence electrons. The van der Waals surface area contributed by atoms with Gasteiger partial charge >= 0.3 is 6.03 Å². The van der Waals surface area contributed by atoms with Crippen LogP contribution in [0.4, 0.5) is 16.2 Å². The summed E-state index contributed by atoms with van der Waals surface area (Å²) in [4.78, 5) is 16.8. The average Bonchev–Trinajstić information content (AvgIpc) is 3.23. The number of nitrogens with one attached hydrogen (secondary N) is 1. The number of ether oxygens (including phenoxy) is 2. The zero-order valence-electron chi connectivity index (χ0n) is 16.9. The van der Waals surface area contributed by atoms with Gasteiger partial charge in [0.15, 0.2) is 11.5 Å². The molecule has 0 saturated carbocycles. The second-order valence-corrected chi connectivity index (χ2v) is 6.91. The highest BCUT2D eigenvalue weighted by molar-refractivity contribution is 5.89. The number of anilines is 2. The van der Waals surface area contributed by atoms with E-state index in [1.807, 2.05) is 26.1 Å². The fourth-order valence-corrected chi connectivity index (χ4v) is 3.48. The minimum atomic E-state index is -0.163. The highest BCUT2D eigenvalue weighted by Crippen LogP contribution is 2.30. The number of urea groups is 1. The zero-order valence-corrected chi connectivity index (χ0v) is 16.9. The normalized spacial score (nSPS) is 13.3. The summed E-state index contributed by atoms with van der Waals surface area (Å²) in [6.07, 6.45) is 2.45. The monoisotopic (exact) mass is 383 g/mol. The summed E-state index contributed by atoms with van der Waals surface area (Å²) in [5.41, 5.74) is 3.06. The van der Waals surface area contributed by atoms with Crippen LogP contribution in [-0.2, 0) is 6.54 Å². The smallest absolute Gasteiger partial charge is 0.321 e. The van der Waals surface area contributed by atoms with E-state index in [9.17, 15) is 4.79 Å². The number of benzene rings is 2. The van der Waals surface area contributed by atoms with Crippen molar-refractivity contribution in [3.63, 3.8) is 0 Å². The molecule has 2 aromatic carbocycles. The maximum atomic E-state index is 12.7. The third-order valence-electron chi connectivity index (χ3n) is 4.91. The molecular formula is C22H29N3O3. The van der Waals surface area contributed by atoms with Gasteiger partial charge in [0.25, 0.3) is 0 Å². The first-order chi connectivity index (χ1) is 13.6. The number of hydrogen-bond acceptors (Lipinski definition) is 4. The molecule has 28 heavy (non-hydrogen) atoms. The molecule has 0 aromatic heterocycles. The molecule has 0 aliphatic carbocycles. The Kier molecular flexibility index (Phi) is 6.63. The Labute approximate surface area is 167 Å². The predicted molar refractivity (Wildman–Crippen MR) is 113 cm³/mol. The van der Waals surface area contributed by atoms with Crippen LogP contribution in [0.5, 0.6) is 11.5 Å². The molecule has 0 bridgehead atoms. The van der Waals surface area contributed by atoms with Crippen molar-refractivity contribution in [3.8, 4) is 11.5 Å². The molecule has 3 rings (SSSR count). The van der Waals surface area contributed by atoms with Crippen molar-refractivity contribution < 1.29 is 14.3 Å².